The Balaban J connectivity index is 2.39. The van der Waals surface area contributed by atoms with Crippen molar-refractivity contribution in [2.45, 2.75) is 52.4 Å². The molecule has 0 unspecified atom stereocenters. The summed E-state index contributed by atoms with van der Waals surface area (Å²) >= 11 is 0. The second kappa shape index (κ2) is 4.63. The zero-order chi connectivity index (χ0) is 14.3. The van der Waals surface area contributed by atoms with Crippen LogP contribution in [0.25, 0.3) is 0 Å². The monoisotopic (exact) mass is 265 g/mol. The average molecular weight is 265 g/mol. The summed E-state index contributed by atoms with van der Waals surface area (Å²) in [6.07, 6.45) is 3.41. The van der Waals surface area contributed by atoms with Gasteiger partial charge in [-0.2, -0.15) is 0 Å². The Morgan fingerprint density at radius 2 is 1.84 bits per heavy atom. The van der Waals surface area contributed by atoms with E-state index in [4.69, 9.17) is 4.74 Å². The van der Waals surface area contributed by atoms with Crippen molar-refractivity contribution in [1.29, 1.82) is 0 Å². The van der Waals surface area contributed by atoms with Gasteiger partial charge in [-0.15, -0.1) is 0 Å². The molecule has 1 fully saturated rings. The molecule has 1 saturated heterocycles. The lowest BCUT2D eigenvalue weighted by Crippen LogP contribution is -2.58. The molecule has 0 aliphatic carbocycles. The topological polar surface area (TPSA) is 47.4 Å². The number of nitrogens with zero attached hydrogens (tertiary/aromatic N) is 3. The Morgan fingerprint density at radius 1 is 1.26 bits per heavy atom. The van der Waals surface area contributed by atoms with Crippen LogP contribution in [0.2, 0.25) is 0 Å². The zero-order valence-electron chi connectivity index (χ0n) is 12.4. The maximum absolute atomic E-state index is 12.3. The SMILES string of the molecule is CCn1ccnc(N2CC(C)(C)OC(C)(C)C2)c1=O. The predicted octanol–water partition coefficient (Wildman–Crippen LogP) is 1.66. The molecule has 0 saturated carbocycles. The van der Waals surface area contributed by atoms with E-state index in [1.165, 1.54) is 0 Å². The van der Waals surface area contributed by atoms with Gasteiger partial charge in [-0.1, -0.05) is 0 Å². The molecule has 0 N–H and O–H groups in total. The summed E-state index contributed by atoms with van der Waals surface area (Å²) in [5.41, 5.74) is -0.607. The predicted molar refractivity (Wildman–Crippen MR) is 75.6 cm³/mol. The fourth-order valence-electron chi connectivity index (χ4n) is 2.84. The standard InChI is InChI=1S/C14H23N3O2/c1-6-16-8-7-15-11(12(16)18)17-9-13(2,3)19-14(4,5)10-17/h7-8H,6,9-10H2,1-5H3. The second-order valence-corrected chi connectivity index (χ2v) is 6.32. The van der Waals surface area contributed by atoms with E-state index in [-0.39, 0.29) is 16.8 Å². The number of hydrogen-bond donors (Lipinski definition) is 0. The second-order valence-electron chi connectivity index (χ2n) is 6.32. The molecule has 2 rings (SSSR count). The van der Waals surface area contributed by atoms with Gasteiger partial charge < -0.3 is 14.2 Å². The van der Waals surface area contributed by atoms with Crippen LogP contribution in [0.5, 0.6) is 0 Å². The smallest absolute Gasteiger partial charge is 0.293 e. The Morgan fingerprint density at radius 3 is 2.37 bits per heavy atom. The van der Waals surface area contributed by atoms with Gasteiger partial charge in [0.1, 0.15) is 0 Å². The summed E-state index contributed by atoms with van der Waals surface area (Å²) in [6.45, 7) is 12.1. The van der Waals surface area contributed by atoms with Gasteiger partial charge in [0.2, 0.25) is 0 Å². The zero-order valence-corrected chi connectivity index (χ0v) is 12.4. The van der Waals surface area contributed by atoms with Gasteiger partial charge in [-0.25, -0.2) is 4.98 Å². The number of aromatic nitrogens is 2. The normalized spacial score (nSPS) is 21.4. The Kier molecular flexibility index (Phi) is 3.43. The van der Waals surface area contributed by atoms with Gasteiger partial charge in [0, 0.05) is 32.0 Å². The van der Waals surface area contributed by atoms with Crippen LogP contribution in [-0.2, 0) is 11.3 Å². The molecule has 5 heteroatoms. The highest BCUT2D eigenvalue weighted by atomic mass is 16.5. The highest BCUT2D eigenvalue weighted by molar-refractivity contribution is 5.38. The number of ether oxygens (including phenoxy) is 1. The lowest BCUT2D eigenvalue weighted by Gasteiger charge is -2.47. The molecule has 0 bridgehead atoms. The first-order valence-electron chi connectivity index (χ1n) is 6.75. The number of morpholine rings is 1. The van der Waals surface area contributed by atoms with E-state index in [0.29, 0.717) is 25.5 Å². The number of rotatable bonds is 2. The summed E-state index contributed by atoms with van der Waals surface area (Å²) in [5.74, 6) is 0.522. The third kappa shape index (κ3) is 2.97. The van der Waals surface area contributed by atoms with Crippen molar-refractivity contribution in [3.63, 3.8) is 0 Å². The molecule has 0 atom stereocenters. The molecule has 1 aliphatic heterocycles. The molecule has 0 aromatic carbocycles. The largest absolute Gasteiger partial charge is 0.366 e. The quantitative estimate of drug-likeness (QED) is 0.816. The van der Waals surface area contributed by atoms with Gasteiger partial charge in [0.25, 0.3) is 5.56 Å². The van der Waals surface area contributed by atoms with Crippen LogP contribution in [0.15, 0.2) is 17.2 Å². The van der Waals surface area contributed by atoms with E-state index in [1.54, 1.807) is 17.0 Å². The van der Waals surface area contributed by atoms with E-state index in [2.05, 4.69) is 4.98 Å². The highest BCUT2D eigenvalue weighted by Gasteiger charge is 2.39. The summed E-state index contributed by atoms with van der Waals surface area (Å²) in [4.78, 5) is 18.7. The molecule has 1 aromatic rings. The summed E-state index contributed by atoms with van der Waals surface area (Å²) in [6, 6.07) is 0. The highest BCUT2D eigenvalue weighted by Crippen LogP contribution is 2.29. The van der Waals surface area contributed by atoms with Crippen molar-refractivity contribution in [1.82, 2.24) is 9.55 Å². The van der Waals surface area contributed by atoms with Crippen LogP contribution in [0.1, 0.15) is 34.6 Å². The van der Waals surface area contributed by atoms with Crippen molar-refractivity contribution in [3.05, 3.63) is 22.7 Å². The van der Waals surface area contributed by atoms with E-state index in [0.717, 1.165) is 0 Å². The molecule has 2 heterocycles. The first kappa shape index (κ1) is 14.1. The first-order chi connectivity index (χ1) is 8.74. The van der Waals surface area contributed by atoms with Crippen LogP contribution in [0.4, 0.5) is 5.82 Å². The van der Waals surface area contributed by atoms with Crippen molar-refractivity contribution in [2.24, 2.45) is 0 Å². The Bertz CT molecular complexity index is 504. The lowest BCUT2D eigenvalue weighted by atomic mass is 9.99. The summed E-state index contributed by atoms with van der Waals surface area (Å²) in [5, 5.41) is 0. The van der Waals surface area contributed by atoms with Gasteiger partial charge >= 0.3 is 0 Å². The van der Waals surface area contributed by atoms with Gasteiger partial charge in [0.15, 0.2) is 5.82 Å². The number of hydrogen-bond acceptors (Lipinski definition) is 4. The minimum atomic E-state index is -0.289. The number of anilines is 1. The van der Waals surface area contributed by atoms with Gasteiger partial charge in [-0.05, 0) is 34.6 Å². The maximum atomic E-state index is 12.3. The lowest BCUT2D eigenvalue weighted by molar-refractivity contribution is -0.133. The van der Waals surface area contributed by atoms with Crippen LogP contribution in [0.3, 0.4) is 0 Å². The van der Waals surface area contributed by atoms with E-state index < -0.39 is 0 Å². The minimum Gasteiger partial charge on any atom is -0.366 e. The first-order valence-corrected chi connectivity index (χ1v) is 6.75. The van der Waals surface area contributed by atoms with E-state index in [1.807, 2.05) is 39.5 Å². The molecular formula is C14H23N3O2. The summed E-state index contributed by atoms with van der Waals surface area (Å²) in [7, 11) is 0. The Hall–Kier alpha value is -1.36. The molecule has 1 aromatic heterocycles. The average Bonchev–Trinajstić information content (AvgIpc) is 2.25. The molecule has 0 amide bonds. The summed E-state index contributed by atoms with van der Waals surface area (Å²) < 4.78 is 7.71. The fraction of sp³-hybridized carbons (Fsp3) is 0.714. The third-order valence-corrected chi connectivity index (χ3v) is 3.23. The number of aryl methyl sites for hydroxylation is 1. The van der Waals surface area contributed by atoms with Crippen LogP contribution in [-0.4, -0.2) is 33.8 Å². The van der Waals surface area contributed by atoms with Crippen LogP contribution < -0.4 is 10.5 Å². The molecule has 5 nitrogen and oxygen atoms in total. The molecule has 19 heavy (non-hydrogen) atoms. The third-order valence-electron chi connectivity index (χ3n) is 3.23. The van der Waals surface area contributed by atoms with Crippen molar-refractivity contribution in [2.75, 3.05) is 18.0 Å². The van der Waals surface area contributed by atoms with Crippen molar-refractivity contribution >= 4 is 5.82 Å². The maximum Gasteiger partial charge on any atom is 0.293 e. The van der Waals surface area contributed by atoms with Crippen molar-refractivity contribution < 1.29 is 4.74 Å². The molecule has 1 aliphatic rings. The van der Waals surface area contributed by atoms with E-state index >= 15 is 0 Å². The van der Waals surface area contributed by atoms with Gasteiger partial charge in [0.05, 0.1) is 11.2 Å². The molecule has 0 spiro atoms. The fourth-order valence-corrected chi connectivity index (χ4v) is 2.84. The van der Waals surface area contributed by atoms with Crippen LogP contribution in [0, 0.1) is 0 Å². The van der Waals surface area contributed by atoms with Gasteiger partial charge in [-0.3, -0.25) is 4.79 Å². The minimum absolute atomic E-state index is 0.0292. The molecular weight excluding hydrogens is 242 g/mol. The Labute approximate surface area is 114 Å². The van der Waals surface area contributed by atoms with Crippen molar-refractivity contribution in [3.8, 4) is 0 Å². The molecule has 106 valence electrons. The van der Waals surface area contributed by atoms with Crippen LogP contribution >= 0.6 is 0 Å². The van der Waals surface area contributed by atoms with E-state index in [9.17, 15) is 4.79 Å². The molecule has 0 radical (unpaired) electrons.